The van der Waals surface area contributed by atoms with Crippen molar-refractivity contribution in [1.29, 1.82) is 0 Å². The number of carbonyl (C=O) groups excluding carboxylic acids is 2. The predicted molar refractivity (Wildman–Crippen MR) is 77.2 cm³/mol. The Morgan fingerprint density at radius 3 is 2.74 bits per heavy atom. The Labute approximate surface area is 119 Å². The van der Waals surface area contributed by atoms with Crippen molar-refractivity contribution in [2.75, 3.05) is 32.2 Å². The highest BCUT2D eigenvalue weighted by Crippen LogP contribution is 2.15. The molecule has 5 nitrogen and oxygen atoms in total. The molecule has 0 aromatic heterocycles. The maximum Gasteiger partial charge on any atom is 0.328 e. The fraction of sp³-hybridized carbons (Fsp3) is 0.846. The minimum Gasteiger partial charge on any atom is -0.467 e. The minimum absolute atomic E-state index is 0.0245. The van der Waals surface area contributed by atoms with Crippen molar-refractivity contribution < 1.29 is 14.3 Å². The van der Waals surface area contributed by atoms with Gasteiger partial charge >= 0.3 is 5.97 Å². The van der Waals surface area contributed by atoms with Crippen LogP contribution in [0, 0.1) is 0 Å². The zero-order valence-corrected chi connectivity index (χ0v) is 12.8. The molecule has 1 aliphatic heterocycles. The van der Waals surface area contributed by atoms with Crippen molar-refractivity contribution in [3.05, 3.63) is 0 Å². The number of rotatable bonds is 7. The maximum atomic E-state index is 12.5. The Morgan fingerprint density at radius 1 is 1.53 bits per heavy atom. The van der Waals surface area contributed by atoms with Gasteiger partial charge < -0.3 is 15.0 Å². The molecule has 0 aromatic carbocycles. The van der Waals surface area contributed by atoms with Crippen molar-refractivity contribution >= 4 is 23.6 Å². The summed E-state index contributed by atoms with van der Waals surface area (Å²) in [6.07, 6.45) is 4.50. The van der Waals surface area contributed by atoms with Crippen molar-refractivity contribution in [3.8, 4) is 0 Å². The number of likely N-dealkylation sites (N-methyl/N-ethyl adjacent to an activating group) is 1. The molecule has 1 fully saturated rings. The molecule has 0 aliphatic carbocycles. The van der Waals surface area contributed by atoms with E-state index < -0.39 is 6.04 Å². The molecule has 0 aromatic rings. The van der Waals surface area contributed by atoms with E-state index in [0.29, 0.717) is 13.0 Å². The molecule has 19 heavy (non-hydrogen) atoms. The van der Waals surface area contributed by atoms with Crippen LogP contribution in [0.25, 0.3) is 0 Å². The maximum absolute atomic E-state index is 12.5. The van der Waals surface area contributed by atoms with E-state index in [2.05, 4.69) is 5.32 Å². The monoisotopic (exact) mass is 288 g/mol. The number of carbonyl (C=O) groups is 2. The van der Waals surface area contributed by atoms with E-state index in [4.69, 9.17) is 4.74 Å². The van der Waals surface area contributed by atoms with Gasteiger partial charge in [-0.05, 0) is 44.7 Å². The fourth-order valence-electron chi connectivity index (χ4n) is 2.39. The molecule has 1 saturated heterocycles. The Bertz CT molecular complexity index is 306. The van der Waals surface area contributed by atoms with Crippen molar-refractivity contribution in [3.63, 3.8) is 0 Å². The van der Waals surface area contributed by atoms with Crippen LogP contribution in [0.4, 0.5) is 0 Å². The highest BCUT2D eigenvalue weighted by molar-refractivity contribution is 7.98. The Balaban J connectivity index is 2.75. The second-order valence-corrected chi connectivity index (χ2v) is 5.58. The smallest absolute Gasteiger partial charge is 0.328 e. The molecule has 1 rings (SSSR count). The van der Waals surface area contributed by atoms with E-state index in [1.807, 2.05) is 13.2 Å². The van der Waals surface area contributed by atoms with Crippen LogP contribution in [0.5, 0.6) is 0 Å². The first-order chi connectivity index (χ1) is 9.15. The molecular formula is C13H24N2O3S. The quantitative estimate of drug-likeness (QED) is 0.705. The number of nitrogens with one attached hydrogen (secondary N) is 1. The van der Waals surface area contributed by atoms with Crippen LogP contribution in [0.2, 0.25) is 0 Å². The molecule has 0 bridgehead atoms. The largest absolute Gasteiger partial charge is 0.467 e. The molecular weight excluding hydrogens is 264 g/mol. The number of esters is 1. The molecule has 2 atom stereocenters. The van der Waals surface area contributed by atoms with Gasteiger partial charge in [0.2, 0.25) is 5.91 Å². The second-order valence-electron chi connectivity index (χ2n) is 4.59. The summed E-state index contributed by atoms with van der Waals surface area (Å²) >= 11 is 1.67. The van der Waals surface area contributed by atoms with Crippen LogP contribution < -0.4 is 5.32 Å². The lowest BCUT2D eigenvalue weighted by atomic mass is 10.1. The van der Waals surface area contributed by atoms with Crippen molar-refractivity contribution in [2.24, 2.45) is 0 Å². The lowest BCUT2D eigenvalue weighted by Crippen LogP contribution is -2.51. The Hall–Kier alpha value is -0.750. The molecule has 0 unspecified atom stereocenters. The van der Waals surface area contributed by atoms with Gasteiger partial charge in [-0.2, -0.15) is 11.8 Å². The summed E-state index contributed by atoms with van der Waals surface area (Å²) in [6, 6.07) is -0.598. The number of ether oxygens (including phenoxy) is 1. The number of methoxy groups -OCH3 is 1. The third-order valence-corrected chi connectivity index (χ3v) is 4.07. The van der Waals surface area contributed by atoms with Gasteiger partial charge in [-0.25, -0.2) is 4.79 Å². The zero-order valence-electron chi connectivity index (χ0n) is 12.0. The molecule has 6 heteroatoms. The van der Waals surface area contributed by atoms with Gasteiger partial charge in [-0.15, -0.1) is 0 Å². The minimum atomic E-state index is -0.461. The van der Waals surface area contributed by atoms with Crippen LogP contribution in [0.3, 0.4) is 0 Å². The van der Waals surface area contributed by atoms with Crippen LogP contribution in [0.1, 0.15) is 26.2 Å². The highest BCUT2D eigenvalue weighted by Gasteiger charge is 2.34. The van der Waals surface area contributed by atoms with Crippen molar-refractivity contribution in [2.45, 2.75) is 38.3 Å². The zero-order chi connectivity index (χ0) is 14.3. The third kappa shape index (κ3) is 4.38. The molecule has 1 aliphatic rings. The van der Waals surface area contributed by atoms with Gasteiger partial charge in [0.1, 0.15) is 6.04 Å². The van der Waals surface area contributed by atoms with Gasteiger partial charge in [-0.3, -0.25) is 4.79 Å². The molecule has 1 amide bonds. The summed E-state index contributed by atoms with van der Waals surface area (Å²) < 4.78 is 4.84. The molecule has 1 heterocycles. The Morgan fingerprint density at radius 2 is 2.26 bits per heavy atom. The summed E-state index contributed by atoms with van der Waals surface area (Å²) in [7, 11) is 1.38. The number of hydrogen-bond donors (Lipinski definition) is 1. The first-order valence-electron chi connectivity index (χ1n) is 6.76. The molecule has 1 N–H and O–H groups in total. The summed E-state index contributed by atoms with van der Waals surface area (Å²) in [5, 5.41) is 3.19. The van der Waals surface area contributed by atoms with Crippen LogP contribution in [-0.4, -0.2) is 61.1 Å². The molecule has 0 saturated carbocycles. The summed E-state index contributed by atoms with van der Waals surface area (Å²) in [5.74, 6) is 0.542. The van der Waals surface area contributed by atoms with Gasteiger partial charge in [0, 0.05) is 6.54 Å². The lowest BCUT2D eigenvalue weighted by Gasteiger charge is -2.31. The number of amides is 1. The van der Waals surface area contributed by atoms with E-state index in [1.54, 1.807) is 16.7 Å². The molecule has 0 spiro atoms. The van der Waals surface area contributed by atoms with Crippen LogP contribution >= 0.6 is 11.8 Å². The van der Waals surface area contributed by atoms with E-state index >= 15 is 0 Å². The third-order valence-electron chi connectivity index (χ3n) is 3.43. The number of hydrogen-bond acceptors (Lipinski definition) is 5. The van der Waals surface area contributed by atoms with E-state index in [1.165, 1.54) is 7.11 Å². The Kier molecular flexibility index (Phi) is 7.23. The van der Waals surface area contributed by atoms with E-state index in [-0.39, 0.29) is 17.9 Å². The SMILES string of the molecule is CCN(C(=O)[C@@H]1CCCN1)[C@@H](CCSC)C(=O)OC. The molecule has 0 radical (unpaired) electrons. The lowest BCUT2D eigenvalue weighted by molar-refractivity contribution is -0.153. The first kappa shape index (κ1) is 16.3. The predicted octanol–water partition coefficient (Wildman–Crippen LogP) is 0.882. The van der Waals surface area contributed by atoms with Gasteiger partial charge in [0.25, 0.3) is 0 Å². The van der Waals surface area contributed by atoms with Gasteiger partial charge in [0.15, 0.2) is 0 Å². The second kappa shape index (κ2) is 8.43. The number of nitrogens with zero attached hydrogens (tertiary/aromatic N) is 1. The fourth-order valence-corrected chi connectivity index (χ4v) is 2.85. The summed E-state index contributed by atoms with van der Waals surface area (Å²) in [6.45, 7) is 3.31. The van der Waals surface area contributed by atoms with Crippen molar-refractivity contribution in [1.82, 2.24) is 10.2 Å². The summed E-state index contributed by atoms with van der Waals surface area (Å²) in [5.41, 5.74) is 0. The normalized spacial score (nSPS) is 20.1. The topological polar surface area (TPSA) is 58.6 Å². The highest BCUT2D eigenvalue weighted by atomic mass is 32.2. The van der Waals surface area contributed by atoms with Gasteiger partial charge in [0.05, 0.1) is 13.2 Å². The first-order valence-corrected chi connectivity index (χ1v) is 8.15. The standard InChI is InChI=1S/C13H24N2O3S/c1-4-15(12(16)10-6-5-8-14-10)11(7-9-19-3)13(17)18-2/h10-11,14H,4-9H2,1-3H3/t10-,11-/m0/s1. The number of thioether (sulfide) groups is 1. The summed E-state index contributed by atoms with van der Waals surface area (Å²) in [4.78, 5) is 26.0. The van der Waals surface area contributed by atoms with Crippen LogP contribution in [-0.2, 0) is 14.3 Å². The average Bonchev–Trinajstić information content (AvgIpc) is 2.96. The molecule has 110 valence electrons. The van der Waals surface area contributed by atoms with Gasteiger partial charge in [-0.1, -0.05) is 0 Å². The van der Waals surface area contributed by atoms with Crippen LogP contribution in [0.15, 0.2) is 0 Å². The van der Waals surface area contributed by atoms with E-state index in [9.17, 15) is 9.59 Å². The average molecular weight is 288 g/mol. The van der Waals surface area contributed by atoms with E-state index in [0.717, 1.165) is 25.1 Å².